The molecule has 0 aliphatic carbocycles. The van der Waals surface area contributed by atoms with Gasteiger partial charge in [0, 0.05) is 6.20 Å². The van der Waals surface area contributed by atoms with Gasteiger partial charge >= 0.3 is 0 Å². The molecule has 0 aliphatic heterocycles. The van der Waals surface area contributed by atoms with Crippen LogP contribution in [0.25, 0.3) is 0 Å². The van der Waals surface area contributed by atoms with E-state index in [1.807, 2.05) is 0 Å². The fourth-order valence-corrected chi connectivity index (χ4v) is 0.927. The van der Waals surface area contributed by atoms with E-state index in [9.17, 15) is 0 Å². The average molecular weight is 156 g/mol. The molecule has 1 atom stereocenters. The summed E-state index contributed by atoms with van der Waals surface area (Å²) in [6.07, 6.45) is 1.73. The van der Waals surface area contributed by atoms with Gasteiger partial charge < -0.3 is 20.6 Å². The number of H-pyrrole nitrogens is 1. The Morgan fingerprint density at radius 1 is 1.82 bits per heavy atom. The van der Waals surface area contributed by atoms with Crippen molar-refractivity contribution in [1.29, 1.82) is 0 Å². The summed E-state index contributed by atoms with van der Waals surface area (Å²) in [5.74, 6) is 0.687. The van der Waals surface area contributed by atoms with Crippen molar-refractivity contribution in [1.82, 2.24) is 4.98 Å². The SMILES string of the molecule is COc1cc[nH]c1[C@H](N)CO. The van der Waals surface area contributed by atoms with E-state index < -0.39 is 0 Å². The predicted octanol–water partition coefficient (Wildman–Crippen LogP) is 0.0154. The van der Waals surface area contributed by atoms with Crippen molar-refractivity contribution < 1.29 is 9.84 Å². The number of aliphatic hydroxyl groups excluding tert-OH is 1. The molecule has 0 spiro atoms. The maximum atomic E-state index is 8.73. The zero-order valence-electron chi connectivity index (χ0n) is 6.37. The molecule has 1 aromatic rings. The van der Waals surface area contributed by atoms with Crippen molar-refractivity contribution in [3.8, 4) is 5.75 Å². The van der Waals surface area contributed by atoms with Gasteiger partial charge in [0.2, 0.25) is 0 Å². The van der Waals surface area contributed by atoms with Crippen LogP contribution in [-0.4, -0.2) is 23.8 Å². The van der Waals surface area contributed by atoms with Gasteiger partial charge in [-0.2, -0.15) is 0 Å². The van der Waals surface area contributed by atoms with E-state index in [0.717, 1.165) is 5.69 Å². The first-order valence-corrected chi connectivity index (χ1v) is 3.37. The Morgan fingerprint density at radius 2 is 2.55 bits per heavy atom. The van der Waals surface area contributed by atoms with Crippen LogP contribution >= 0.6 is 0 Å². The average Bonchev–Trinajstić information content (AvgIpc) is 2.50. The van der Waals surface area contributed by atoms with Gasteiger partial charge in [0.15, 0.2) is 0 Å². The first kappa shape index (κ1) is 8.10. The number of methoxy groups -OCH3 is 1. The highest BCUT2D eigenvalue weighted by atomic mass is 16.5. The Bertz CT molecular complexity index is 222. The second kappa shape index (κ2) is 3.41. The molecule has 0 fully saturated rings. The van der Waals surface area contributed by atoms with Crippen LogP contribution in [-0.2, 0) is 0 Å². The summed E-state index contributed by atoms with van der Waals surface area (Å²) in [7, 11) is 1.57. The summed E-state index contributed by atoms with van der Waals surface area (Å²) in [6.45, 7) is -0.0864. The molecule has 4 heteroatoms. The molecule has 11 heavy (non-hydrogen) atoms. The molecule has 0 saturated heterocycles. The zero-order chi connectivity index (χ0) is 8.27. The maximum absolute atomic E-state index is 8.73. The summed E-state index contributed by atoms with van der Waals surface area (Å²) in [5, 5.41) is 8.73. The normalized spacial score (nSPS) is 13.0. The summed E-state index contributed by atoms with van der Waals surface area (Å²) in [4.78, 5) is 2.90. The molecule has 1 heterocycles. The standard InChI is InChI=1S/C7H12N2O2/c1-11-6-2-3-9-7(6)5(8)4-10/h2-3,5,9-10H,4,8H2,1H3/t5-/m1/s1. The smallest absolute Gasteiger partial charge is 0.141 e. The summed E-state index contributed by atoms with van der Waals surface area (Å²) in [6, 6.07) is 1.38. The molecule has 1 aromatic heterocycles. The molecule has 4 N–H and O–H groups in total. The number of nitrogens with one attached hydrogen (secondary N) is 1. The first-order valence-electron chi connectivity index (χ1n) is 3.37. The minimum atomic E-state index is -0.389. The van der Waals surface area contributed by atoms with Gasteiger partial charge in [0.05, 0.1) is 25.5 Å². The Morgan fingerprint density at radius 3 is 3.09 bits per heavy atom. The van der Waals surface area contributed by atoms with E-state index in [-0.39, 0.29) is 12.6 Å². The van der Waals surface area contributed by atoms with Gasteiger partial charge in [-0.25, -0.2) is 0 Å². The molecular weight excluding hydrogens is 144 g/mol. The van der Waals surface area contributed by atoms with Crippen LogP contribution < -0.4 is 10.5 Å². The number of hydrogen-bond donors (Lipinski definition) is 3. The van der Waals surface area contributed by atoms with Crippen molar-refractivity contribution in [3.05, 3.63) is 18.0 Å². The van der Waals surface area contributed by atoms with Crippen molar-refractivity contribution in [2.24, 2.45) is 5.73 Å². The number of aromatic amines is 1. The third kappa shape index (κ3) is 1.53. The Labute approximate surface area is 65.0 Å². The van der Waals surface area contributed by atoms with E-state index >= 15 is 0 Å². The molecule has 0 aliphatic rings. The molecule has 0 radical (unpaired) electrons. The number of hydrogen-bond acceptors (Lipinski definition) is 3. The predicted molar refractivity (Wildman–Crippen MR) is 41.4 cm³/mol. The van der Waals surface area contributed by atoms with Crippen LogP contribution in [0.2, 0.25) is 0 Å². The third-order valence-corrected chi connectivity index (χ3v) is 1.53. The lowest BCUT2D eigenvalue weighted by Gasteiger charge is -2.07. The van der Waals surface area contributed by atoms with E-state index in [2.05, 4.69) is 4.98 Å². The van der Waals surface area contributed by atoms with Crippen LogP contribution in [0.3, 0.4) is 0 Å². The van der Waals surface area contributed by atoms with Crippen molar-refractivity contribution >= 4 is 0 Å². The molecule has 1 rings (SSSR count). The van der Waals surface area contributed by atoms with Crippen molar-refractivity contribution in [2.45, 2.75) is 6.04 Å². The summed E-state index contributed by atoms with van der Waals surface area (Å²) in [5.41, 5.74) is 6.29. The molecule has 0 saturated carbocycles. The topological polar surface area (TPSA) is 71.3 Å². The van der Waals surface area contributed by atoms with E-state index in [4.69, 9.17) is 15.6 Å². The molecule has 0 amide bonds. The minimum Gasteiger partial charge on any atom is -0.495 e. The van der Waals surface area contributed by atoms with Crippen LogP contribution in [0, 0.1) is 0 Å². The van der Waals surface area contributed by atoms with Crippen LogP contribution in [0.5, 0.6) is 5.75 Å². The maximum Gasteiger partial charge on any atom is 0.141 e. The summed E-state index contributed by atoms with van der Waals surface area (Å²) < 4.78 is 4.99. The van der Waals surface area contributed by atoms with Gasteiger partial charge in [-0.1, -0.05) is 0 Å². The second-order valence-electron chi connectivity index (χ2n) is 2.25. The lowest BCUT2D eigenvalue weighted by atomic mass is 10.2. The Kier molecular flexibility index (Phi) is 2.51. The zero-order valence-corrected chi connectivity index (χ0v) is 6.37. The Hall–Kier alpha value is -1.00. The quantitative estimate of drug-likeness (QED) is 0.577. The number of ether oxygens (including phenoxy) is 1. The van der Waals surface area contributed by atoms with E-state index in [1.54, 1.807) is 19.4 Å². The highest BCUT2D eigenvalue weighted by molar-refractivity contribution is 5.30. The van der Waals surface area contributed by atoms with Crippen molar-refractivity contribution in [2.75, 3.05) is 13.7 Å². The first-order chi connectivity index (χ1) is 5.29. The van der Waals surface area contributed by atoms with Gasteiger partial charge in [0.25, 0.3) is 0 Å². The largest absolute Gasteiger partial charge is 0.495 e. The Balaban J connectivity index is 2.83. The molecule has 4 nitrogen and oxygen atoms in total. The third-order valence-electron chi connectivity index (χ3n) is 1.53. The fourth-order valence-electron chi connectivity index (χ4n) is 0.927. The second-order valence-corrected chi connectivity index (χ2v) is 2.25. The van der Waals surface area contributed by atoms with Crippen LogP contribution in [0.4, 0.5) is 0 Å². The van der Waals surface area contributed by atoms with Gasteiger partial charge in [-0.15, -0.1) is 0 Å². The molecule has 0 bridgehead atoms. The molecule has 0 aromatic carbocycles. The van der Waals surface area contributed by atoms with E-state index in [1.165, 1.54) is 0 Å². The highest BCUT2D eigenvalue weighted by Crippen LogP contribution is 2.20. The molecular formula is C7H12N2O2. The lowest BCUT2D eigenvalue weighted by molar-refractivity contribution is 0.262. The summed E-state index contributed by atoms with van der Waals surface area (Å²) >= 11 is 0. The highest BCUT2D eigenvalue weighted by Gasteiger charge is 2.10. The molecule has 0 unspecified atom stereocenters. The minimum absolute atomic E-state index is 0.0864. The number of nitrogens with two attached hydrogens (primary N) is 1. The number of rotatable bonds is 3. The number of aromatic nitrogens is 1. The van der Waals surface area contributed by atoms with Gasteiger partial charge in [0.1, 0.15) is 5.75 Å². The van der Waals surface area contributed by atoms with Crippen LogP contribution in [0.15, 0.2) is 12.3 Å². The van der Waals surface area contributed by atoms with Crippen LogP contribution in [0.1, 0.15) is 11.7 Å². The molecule has 62 valence electrons. The van der Waals surface area contributed by atoms with E-state index in [0.29, 0.717) is 5.75 Å². The van der Waals surface area contributed by atoms with Gasteiger partial charge in [-0.05, 0) is 6.07 Å². The monoisotopic (exact) mass is 156 g/mol. The fraction of sp³-hybridized carbons (Fsp3) is 0.429. The van der Waals surface area contributed by atoms with Crippen molar-refractivity contribution in [3.63, 3.8) is 0 Å². The van der Waals surface area contributed by atoms with Gasteiger partial charge in [-0.3, -0.25) is 0 Å². The number of aliphatic hydroxyl groups is 1. The lowest BCUT2D eigenvalue weighted by Crippen LogP contribution is -2.15.